The summed E-state index contributed by atoms with van der Waals surface area (Å²) < 4.78 is 2.38. The molecule has 2 aliphatic rings. The Labute approximate surface area is 429 Å². The third kappa shape index (κ3) is 6.82. The average Bonchev–Trinajstić information content (AvgIpc) is 4.07. The number of aromatic nitrogens is 1. The van der Waals surface area contributed by atoms with Crippen molar-refractivity contribution in [3.8, 4) is 61.3 Å². The number of para-hydroxylation sites is 2. The maximum atomic E-state index is 2.54. The van der Waals surface area contributed by atoms with E-state index in [1.54, 1.807) is 0 Å². The van der Waals surface area contributed by atoms with Gasteiger partial charge < -0.3 is 9.47 Å². The molecule has 2 aliphatic heterocycles. The van der Waals surface area contributed by atoms with Crippen molar-refractivity contribution < 1.29 is 0 Å². The first-order valence-corrected chi connectivity index (χ1v) is 31.1. The number of hydrogen-bond donors (Lipinski definition) is 0. The molecule has 14 rings (SSSR count). The minimum Gasteiger partial charge on any atom is -0.311 e. The van der Waals surface area contributed by atoms with E-state index >= 15 is 0 Å². The Hall–Kier alpha value is -8.55. The fraction of sp³-hybridized carbons (Fsp3) is 0.0435. The molecule has 0 saturated heterocycles. The summed E-state index contributed by atoms with van der Waals surface area (Å²) in [5.41, 5.74) is 19.7. The van der Waals surface area contributed by atoms with Crippen LogP contribution in [0.4, 0.5) is 17.1 Å². The quantitative estimate of drug-likeness (QED) is 0.138. The Balaban J connectivity index is 0.849. The van der Waals surface area contributed by atoms with E-state index in [-0.39, 0.29) is 0 Å². The van der Waals surface area contributed by atoms with Crippen molar-refractivity contribution in [2.45, 2.75) is 19.6 Å². The molecule has 4 heteroatoms. The van der Waals surface area contributed by atoms with E-state index in [0.717, 1.165) is 17.1 Å². The molecular weight excluding hydrogens is 913 g/mol. The topological polar surface area (TPSA) is 8.17 Å². The van der Waals surface area contributed by atoms with Crippen LogP contribution < -0.4 is 30.8 Å². The highest BCUT2D eigenvalue weighted by Gasteiger charge is 2.53. The van der Waals surface area contributed by atoms with Crippen molar-refractivity contribution in [3.63, 3.8) is 0 Å². The zero-order valence-corrected chi connectivity index (χ0v) is 43.2. The molecule has 0 saturated carbocycles. The van der Waals surface area contributed by atoms with Gasteiger partial charge in [0.05, 0.1) is 19.1 Å². The molecule has 0 bridgehead atoms. The first-order valence-electron chi connectivity index (χ1n) is 25.6. The van der Waals surface area contributed by atoms with E-state index in [2.05, 4.69) is 290 Å². The van der Waals surface area contributed by atoms with Gasteiger partial charge in [0.1, 0.15) is 0 Å². The van der Waals surface area contributed by atoms with Gasteiger partial charge in [0.15, 0.2) is 8.07 Å². The van der Waals surface area contributed by atoms with Gasteiger partial charge in [-0.15, -0.1) is 0 Å². The average molecular weight is 965 g/mol. The molecule has 11 aromatic carbocycles. The summed E-state index contributed by atoms with van der Waals surface area (Å²) in [5, 5.41) is 9.98. The van der Waals surface area contributed by atoms with Crippen LogP contribution in [-0.2, 0) is 0 Å². The lowest BCUT2D eigenvalue weighted by atomic mass is 9.99. The maximum Gasteiger partial charge on any atom is 0.182 e. The van der Waals surface area contributed by atoms with Gasteiger partial charge >= 0.3 is 0 Å². The molecule has 0 unspecified atom stereocenters. The normalized spacial score (nSPS) is 13.0. The fourth-order valence-electron chi connectivity index (χ4n) is 12.3. The van der Waals surface area contributed by atoms with Gasteiger partial charge in [0, 0.05) is 33.5 Å². The first-order chi connectivity index (χ1) is 35.8. The highest BCUT2D eigenvalue weighted by Crippen LogP contribution is 2.41. The molecule has 12 aromatic rings. The zero-order valence-electron chi connectivity index (χ0n) is 41.2. The maximum absolute atomic E-state index is 2.55. The zero-order chi connectivity index (χ0) is 48.8. The predicted octanol–water partition coefficient (Wildman–Crippen LogP) is 15.1. The molecule has 1 spiro atoms. The fourth-order valence-corrected chi connectivity index (χ4v) is 19.1. The second-order valence-electron chi connectivity index (χ2n) is 20.9. The third-order valence-corrected chi connectivity index (χ3v) is 22.8. The summed E-state index contributed by atoms with van der Waals surface area (Å²) in [6.45, 7) is 7.22. The molecule has 0 radical (unpaired) electrons. The lowest BCUT2D eigenvalue weighted by Gasteiger charge is -2.28. The molecule has 0 amide bonds. The Morgan fingerprint density at radius 2 is 0.712 bits per heavy atom. The van der Waals surface area contributed by atoms with Crippen LogP contribution in [-0.4, -0.2) is 20.7 Å². The van der Waals surface area contributed by atoms with Crippen LogP contribution in [0.2, 0.25) is 19.6 Å². The minimum absolute atomic E-state index is 1.10. The third-order valence-electron chi connectivity index (χ3n) is 15.8. The summed E-state index contributed by atoms with van der Waals surface area (Å²) in [4.78, 5) is 2.40. The molecular formula is C69H52N2Si2. The summed E-state index contributed by atoms with van der Waals surface area (Å²) in [6.07, 6.45) is 0. The molecule has 0 N–H and O–H groups in total. The van der Waals surface area contributed by atoms with E-state index < -0.39 is 16.1 Å². The Kier molecular flexibility index (Phi) is 9.94. The standard InChI is InChI=1S/C69H52N2Si2/c1-72(2,3)57-41-31-48(32-42-57)47-25-35-54(36-26-47)70(55-37-27-49(28-38-55)51-34-44-65-63(45-51)58-17-7-11-21-64(58)71(65)53-15-5-4-6-16-53)56-39-29-50(30-40-56)52-33-43-62-61-20-10-14-24-68(61)73(69(62)46-52)66-22-12-8-18-59(66)60-19-9-13-23-67(60)73/h4-46H,1-3H3. The number of nitrogens with zero attached hydrogens (tertiary/aromatic N) is 2. The second-order valence-corrected chi connectivity index (χ2v) is 29.6. The van der Waals surface area contributed by atoms with E-state index in [9.17, 15) is 0 Å². The van der Waals surface area contributed by atoms with Gasteiger partial charge in [-0.25, -0.2) is 0 Å². The lowest BCUT2D eigenvalue weighted by molar-refractivity contribution is 1.18. The van der Waals surface area contributed by atoms with Gasteiger partial charge in [0.2, 0.25) is 0 Å². The van der Waals surface area contributed by atoms with Crippen LogP contribution in [0.5, 0.6) is 0 Å². The summed E-state index contributed by atoms with van der Waals surface area (Å²) in [7, 11) is -3.95. The minimum atomic E-state index is -2.55. The van der Waals surface area contributed by atoms with Crippen molar-refractivity contribution in [1.82, 2.24) is 4.57 Å². The van der Waals surface area contributed by atoms with Crippen LogP contribution in [0.1, 0.15) is 0 Å². The number of anilines is 3. The Morgan fingerprint density at radius 3 is 1.25 bits per heavy atom. The second kappa shape index (κ2) is 16.8. The van der Waals surface area contributed by atoms with Gasteiger partial charge in [-0.05, 0) is 143 Å². The van der Waals surface area contributed by atoms with E-state index in [0.29, 0.717) is 0 Å². The van der Waals surface area contributed by atoms with E-state index in [1.165, 1.54) is 109 Å². The van der Waals surface area contributed by atoms with Crippen LogP contribution in [0.25, 0.3) is 83.1 Å². The highest BCUT2D eigenvalue weighted by molar-refractivity contribution is 7.24. The monoisotopic (exact) mass is 964 g/mol. The van der Waals surface area contributed by atoms with Gasteiger partial charge in [-0.3, -0.25) is 0 Å². The van der Waals surface area contributed by atoms with Crippen molar-refractivity contribution in [3.05, 3.63) is 261 Å². The Morgan fingerprint density at radius 1 is 0.315 bits per heavy atom. The van der Waals surface area contributed by atoms with Crippen LogP contribution >= 0.6 is 0 Å². The first kappa shape index (κ1) is 43.3. The molecule has 2 nitrogen and oxygen atoms in total. The van der Waals surface area contributed by atoms with Crippen molar-refractivity contribution in [2.75, 3.05) is 4.90 Å². The summed E-state index contributed by atoms with van der Waals surface area (Å²) >= 11 is 0. The van der Waals surface area contributed by atoms with Crippen LogP contribution in [0.15, 0.2) is 261 Å². The predicted molar refractivity (Wildman–Crippen MR) is 316 cm³/mol. The van der Waals surface area contributed by atoms with Crippen molar-refractivity contribution in [1.29, 1.82) is 0 Å². The molecule has 0 fully saturated rings. The molecule has 0 atom stereocenters. The summed E-state index contributed by atoms with van der Waals surface area (Å²) in [5.74, 6) is 0. The molecule has 1 aromatic heterocycles. The molecule has 0 aliphatic carbocycles. The SMILES string of the molecule is C[Si](C)(C)c1ccc(-c2ccc(N(c3ccc(-c4ccc5c(c4)[Si]4(c6ccccc6-c6ccccc64)c4ccccc4-5)cc3)c3ccc(-c4ccc5c(c4)c4ccccc4n5-c4ccccc4)cc3)cc2)cc1. The number of rotatable bonds is 8. The Bertz CT molecular complexity index is 4030. The van der Waals surface area contributed by atoms with Gasteiger partial charge in [-0.1, -0.05) is 219 Å². The van der Waals surface area contributed by atoms with E-state index in [4.69, 9.17) is 0 Å². The summed E-state index contributed by atoms with van der Waals surface area (Å²) in [6, 6.07) is 98.0. The molecule has 3 heterocycles. The number of hydrogen-bond acceptors (Lipinski definition) is 1. The highest BCUT2D eigenvalue weighted by atomic mass is 28.3. The number of benzene rings is 11. The van der Waals surface area contributed by atoms with Crippen LogP contribution in [0.3, 0.4) is 0 Å². The van der Waals surface area contributed by atoms with Gasteiger partial charge in [-0.2, -0.15) is 0 Å². The van der Waals surface area contributed by atoms with Crippen LogP contribution in [0, 0.1) is 0 Å². The molecule has 73 heavy (non-hydrogen) atoms. The number of fused-ring (bicyclic) bond motifs is 13. The molecule has 346 valence electrons. The lowest BCUT2D eigenvalue weighted by Crippen LogP contribution is -2.70. The smallest absolute Gasteiger partial charge is 0.182 e. The van der Waals surface area contributed by atoms with Crippen molar-refractivity contribution in [2.24, 2.45) is 0 Å². The largest absolute Gasteiger partial charge is 0.311 e. The van der Waals surface area contributed by atoms with Crippen molar-refractivity contribution >= 4 is 80.9 Å². The van der Waals surface area contributed by atoms with E-state index in [1.807, 2.05) is 0 Å². The van der Waals surface area contributed by atoms with Gasteiger partial charge in [0.25, 0.3) is 0 Å².